The summed E-state index contributed by atoms with van der Waals surface area (Å²) in [6.45, 7) is 2.12. The van der Waals surface area contributed by atoms with Crippen molar-refractivity contribution in [3.63, 3.8) is 0 Å². The van der Waals surface area contributed by atoms with Crippen LogP contribution in [-0.4, -0.2) is 6.04 Å². The number of benzene rings is 2. The van der Waals surface area contributed by atoms with Crippen LogP contribution >= 0.6 is 0 Å². The van der Waals surface area contributed by atoms with Crippen molar-refractivity contribution in [3.8, 4) is 0 Å². The highest BCUT2D eigenvalue weighted by Crippen LogP contribution is 2.38. The summed E-state index contributed by atoms with van der Waals surface area (Å²) in [5.41, 5.74) is 4.05. The van der Waals surface area contributed by atoms with Crippen molar-refractivity contribution in [1.29, 1.82) is 0 Å². The lowest BCUT2D eigenvalue weighted by Crippen LogP contribution is -2.33. The molecule has 1 N–H and O–H groups in total. The summed E-state index contributed by atoms with van der Waals surface area (Å²) in [7, 11) is 0. The molecule has 0 unspecified atom stereocenters. The fourth-order valence-electron chi connectivity index (χ4n) is 2.62. The first-order valence-corrected chi connectivity index (χ1v) is 6.69. The average Bonchev–Trinajstić information content (AvgIpc) is 2.36. The predicted molar refractivity (Wildman–Crippen MR) is 77.0 cm³/mol. The lowest BCUT2D eigenvalue weighted by atomic mass is 9.76. The quantitative estimate of drug-likeness (QED) is 0.836. The van der Waals surface area contributed by atoms with E-state index < -0.39 is 0 Å². The molecule has 0 aliphatic heterocycles. The Bertz CT molecular complexity index is 495. The fraction of sp³-hybridized carbons (Fsp3) is 0.294. The van der Waals surface area contributed by atoms with Crippen LogP contribution in [0.25, 0.3) is 0 Å². The van der Waals surface area contributed by atoms with Gasteiger partial charge in [0.15, 0.2) is 0 Å². The van der Waals surface area contributed by atoms with E-state index in [0.717, 1.165) is 5.92 Å². The summed E-state index contributed by atoms with van der Waals surface area (Å²) < 4.78 is 0. The second-order valence-electron chi connectivity index (χ2n) is 5.29. The molecule has 0 saturated heterocycles. The van der Waals surface area contributed by atoms with E-state index in [-0.39, 0.29) is 0 Å². The van der Waals surface area contributed by atoms with E-state index in [4.69, 9.17) is 0 Å². The van der Waals surface area contributed by atoms with E-state index in [2.05, 4.69) is 66.8 Å². The molecular formula is C17H19N. The molecule has 1 heteroatoms. The molecule has 18 heavy (non-hydrogen) atoms. The Balaban J connectivity index is 1.55. The van der Waals surface area contributed by atoms with E-state index in [1.807, 2.05) is 0 Å². The van der Waals surface area contributed by atoms with E-state index >= 15 is 0 Å². The van der Waals surface area contributed by atoms with Crippen molar-refractivity contribution in [1.82, 2.24) is 0 Å². The van der Waals surface area contributed by atoms with Gasteiger partial charge in [0.25, 0.3) is 0 Å². The van der Waals surface area contributed by atoms with E-state index in [1.54, 1.807) is 0 Å². The topological polar surface area (TPSA) is 12.0 Å². The molecule has 0 aromatic heterocycles. The second-order valence-corrected chi connectivity index (χ2v) is 5.29. The van der Waals surface area contributed by atoms with Crippen molar-refractivity contribution < 1.29 is 0 Å². The molecule has 1 aliphatic carbocycles. The minimum absolute atomic E-state index is 0.637. The van der Waals surface area contributed by atoms with Gasteiger partial charge < -0.3 is 5.32 Å². The number of hydrogen-bond donors (Lipinski definition) is 1. The van der Waals surface area contributed by atoms with Crippen molar-refractivity contribution in [2.75, 3.05) is 5.32 Å². The average molecular weight is 237 g/mol. The zero-order valence-corrected chi connectivity index (χ0v) is 10.8. The number of anilines is 1. The van der Waals surface area contributed by atoms with Crippen LogP contribution in [0.5, 0.6) is 0 Å². The monoisotopic (exact) mass is 237 g/mol. The third-order valence-electron chi connectivity index (χ3n) is 3.83. The van der Waals surface area contributed by atoms with E-state index in [1.165, 1.54) is 29.7 Å². The van der Waals surface area contributed by atoms with Crippen LogP contribution in [0.4, 0.5) is 5.69 Å². The van der Waals surface area contributed by atoms with Crippen LogP contribution in [0.1, 0.15) is 29.9 Å². The van der Waals surface area contributed by atoms with Gasteiger partial charge in [-0.2, -0.15) is 0 Å². The standard InChI is InChI=1S/C17H19N/c1-13-7-9-16(10-8-13)18-17-11-15(12-17)14-5-3-2-4-6-14/h2-10,15,17-18H,11-12H2,1H3. The van der Waals surface area contributed by atoms with Crippen molar-refractivity contribution in [2.45, 2.75) is 31.7 Å². The van der Waals surface area contributed by atoms with Gasteiger partial charge in [0.2, 0.25) is 0 Å². The van der Waals surface area contributed by atoms with Gasteiger partial charge in [-0.25, -0.2) is 0 Å². The maximum atomic E-state index is 3.61. The summed E-state index contributed by atoms with van der Waals surface area (Å²) in [5.74, 6) is 0.745. The van der Waals surface area contributed by atoms with Crippen LogP contribution in [0.2, 0.25) is 0 Å². The number of rotatable bonds is 3. The molecule has 1 nitrogen and oxygen atoms in total. The largest absolute Gasteiger partial charge is 0.382 e. The molecule has 1 saturated carbocycles. The molecule has 0 amide bonds. The molecule has 0 radical (unpaired) electrons. The predicted octanol–water partition coefficient (Wildman–Crippen LogP) is 4.35. The zero-order chi connectivity index (χ0) is 12.4. The lowest BCUT2D eigenvalue weighted by Gasteiger charge is -2.37. The molecular weight excluding hydrogens is 218 g/mol. The molecule has 1 fully saturated rings. The van der Waals surface area contributed by atoms with Gasteiger partial charge in [-0.1, -0.05) is 48.0 Å². The maximum absolute atomic E-state index is 3.61. The van der Waals surface area contributed by atoms with Crippen LogP contribution in [0.3, 0.4) is 0 Å². The molecule has 92 valence electrons. The minimum Gasteiger partial charge on any atom is -0.382 e. The lowest BCUT2D eigenvalue weighted by molar-refractivity contribution is 0.374. The van der Waals surface area contributed by atoms with Gasteiger partial charge in [0.1, 0.15) is 0 Å². The SMILES string of the molecule is Cc1ccc(NC2CC(c3ccccc3)C2)cc1. The maximum Gasteiger partial charge on any atom is 0.0342 e. The summed E-state index contributed by atoms with van der Waals surface area (Å²) in [6, 6.07) is 20.1. The highest BCUT2D eigenvalue weighted by Gasteiger charge is 2.29. The Hall–Kier alpha value is -1.76. The van der Waals surface area contributed by atoms with Gasteiger partial charge in [-0.3, -0.25) is 0 Å². The van der Waals surface area contributed by atoms with Crippen LogP contribution in [0, 0.1) is 6.92 Å². The van der Waals surface area contributed by atoms with Gasteiger partial charge in [-0.05, 0) is 43.4 Å². The molecule has 2 aromatic carbocycles. The van der Waals surface area contributed by atoms with Crippen LogP contribution in [-0.2, 0) is 0 Å². The third-order valence-corrected chi connectivity index (χ3v) is 3.83. The van der Waals surface area contributed by atoms with E-state index in [9.17, 15) is 0 Å². The first-order chi connectivity index (χ1) is 8.81. The molecule has 0 spiro atoms. The highest BCUT2D eigenvalue weighted by molar-refractivity contribution is 5.46. The van der Waals surface area contributed by atoms with Crippen molar-refractivity contribution in [2.24, 2.45) is 0 Å². The van der Waals surface area contributed by atoms with Gasteiger partial charge >= 0.3 is 0 Å². The molecule has 0 heterocycles. The highest BCUT2D eigenvalue weighted by atomic mass is 14.9. The van der Waals surface area contributed by atoms with Crippen molar-refractivity contribution in [3.05, 3.63) is 65.7 Å². The van der Waals surface area contributed by atoms with Crippen molar-refractivity contribution >= 4 is 5.69 Å². The van der Waals surface area contributed by atoms with Gasteiger partial charge in [0.05, 0.1) is 0 Å². The smallest absolute Gasteiger partial charge is 0.0342 e. The summed E-state index contributed by atoms with van der Waals surface area (Å²) >= 11 is 0. The Morgan fingerprint density at radius 3 is 2.22 bits per heavy atom. The van der Waals surface area contributed by atoms with Crippen LogP contribution < -0.4 is 5.32 Å². The third kappa shape index (κ3) is 2.40. The first-order valence-electron chi connectivity index (χ1n) is 6.69. The first kappa shape index (κ1) is 11.3. The Morgan fingerprint density at radius 2 is 1.56 bits per heavy atom. The fourth-order valence-corrected chi connectivity index (χ4v) is 2.62. The summed E-state index contributed by atoms with van der Waals surface area (Å²) in [6.07, 6.45) is 2.50. The van der Waals surface area contributed by atoms with Gasteiger partial charge in [0, 0.05) is 11.7 Å². The molecule has 2 aromatic rings. The number of aryl methyl sites for hydroxylation is 1. The molecule has 0 bridgehead atoms. The Morgan fingerprint density at radius 1 is 0.889 bits per heavy atom. The number of nitrogens with one attached hydrogen (secondary N) is 1. The number of hydrogen-bond acceptors (Lipinski definition) is 1. The van der Waals surface area contributed by atoms with Gasteiger partial charge in [-0.15, -0.1) is 0 Å². The second kappa shape index (κ2) is 4.85. The van der Waals surface area contributed by atoms with E-state index in [0.29, 0.717) is 6.04 Å². The molecule has 3 rings (SSSR count). The van der Waals surface area contributed by atoms with Crippen LogP contribution in [0.15, 0.2) is 54.6 Å². The zero-order valence-electron chi connectivity index (χ0n) is 10.8. The normalized spacial score (nSPS) is 22.3. The molecule has 0 atom stereocenters. The Kier molecular flexibility index (Phi) is 3.06. The summed E-state index contributed by atoms with van der Waals surface area (Å²) in [4.78, 5) is 0. The Labute approximate surface area is 109 Å². The molecule has 1 aliphatic rings. The minimum atomic E-state index is 0.637. The summed E-state index contributed by atoms with van der Waals surface area (Å²) in [5, 5.41) is 3.61.